The first-order valence-electron chi connectivity index (χ1n) is 5.53. The minimum atomic E-state index is 0.411. The highest BCUT2D eigenvalue weighted by molar-refractivity contribution is 5.38. The fraction of sp³-hybridized carbons (Fsp3) is 0.636. The van der Waals surface area contributed by atoms with Crippen LogP contribution in [0.2, 0.25) is 0 Å². The maximum Gasteiger partial charge on any atom is 0.218 e. The normalized spacial score (nSPS) is 10.2. The predicted octanol–water partition coefficient (Wildman–Crippen LogP) is 1.84. The highest BCUT2D eigenvalue weighted by Crippen LogP contribution is 2.13. The average molecular weight is 225 g/mol. The van der Waals surface area contributed by atoms with E-state index in [0.717, 1.165) is 18.8 Å². The Labute approximate surface area is 96.2 Å². The highest BCUT2D eigenvalue weighted by atomic mass is 16.5. The molecule has 0 amide bonds. The van der Waals surface area contributed by atoms with E-state index >= 15 is 0 Å². The van der Waals surface area contributed by atoms with E-state index in [-0.39, 0.29) is 0 Å². The van der Waals surface area contributed by atoms with Crippen LogP contribution in [-0.2, 0) is 11.3 Å². The number of methoxy groups -OCH3 is 1. The van der Waals surface area contributed by atoms with E-state index in [0.29, 0.717) is 24.9 Å². The van der Waals surface area contributed by atoms with E-state index in [4.69, 9.17) is 9.47 Å². The Bertz CT molecular complexity index is 292. The first-order chi connectivity index (χ1) is 7.80. The molecular weight excluding hydrogens is 206 g/mol. The highest BCUT2D eigenvalue weighted by Gasteiger charge is 2.04. The largest absolute Gasteiger partial charge is 0.481 e. The molecule has 0 unspecified atom stereocenters. The van der Waals surface area contributed by atoms with Gasteiger partial charge in [-0.1, -0.05) is 6.92 Å². The second kappa shape index (κ2) is 7.00. The van der Waals surface area contributed by atoms with E-state index in [1.807, 2.05) is 6.92 Å². The maximum atomic E-state index is 5.27. The Hall–Kier alpha value is -1.36. The lowest BCUT2D eigenvalue weighted by atomic mass is 10.4. The van der Waals surface area contributed by atoms with Crippen LogP contribution in [0, 0.1) is 0 Å². The second-order valence-electron chi connectivity index (χ2n) is 3.28. The van der Waals surface area contributed by atoms with Gasteiger partial charge in [-0.3, -0.25) is 0 Å². The summed E-state index contributed by atoms with van der Waals surface area (Å²) < 4.78 is 10.4. The van der Waals surface area contributed by atoms with Gasteiger partial charge in [0.2, 0.25) is 5.88 Å². The van der Waals surface area contributed by atoms with Crippen molar-refractivity contribution in [3.8, 4) is 5.88 Å². The summed E-state index contributed by atoms with van der Waals surface area (Å²) >= 11 is 0. The van der Waals surface area contributed by atoms with Crippen molar-refractivity contribution in [3.05, 3.63) is 11.9 Å². The lowest BCUT2D eigenvalue weighted by Crippen LogP contribution is -2.07. The van der Waals surface area contributed by atoms with Gasteiger partial charge in [0.05, 0.1) is 7.11 Å². The zero-order valence-electron chi connectivity index (χ0n) is 10.1. The molecule has 0 spiro atoms. The number of hydrogen-bond donors (Lipinski definition) is 1. The Morgan fingerprint density at radius 2 is 2.12 bits per heavy atom. The van der Waals surface area contributed by atoms with Gasteiger partial charge in [-0.25, -0.2) is 4.98 Å². The molecule has 16 heavy (non-hydrogen) atoms. The number of anilines is 1. The van der Waals surface area contributed by atoms with E-state index in [1.54, 1.807) is 13.2 Å². The minimum Gasteiger partial charge on any atom is -0.481 e. The smallest absolute Gasteiger partial charge is 0.218 e. The van der Waals surface area contributed by atoms with Gasteiger partial charge in [-0.05, 0) is 13.3 Å². The first-order valence-corrected chi connectivity index (χ1v) is 5.53. The lowest BCUT2D eigenvalue weighted by molar-refractivity contribution is 0.127. The summed E-state index contributed by atoms with van der Waals surface area (Å²) in [6.45, 7) is 5.99. The van der Waals surface area contributed by atoms with Gasteiger partial charge in [0.15, 0.2) is 5.82 Å². The van der Waals surface area contributed by atoms with E-state index < -0.39 is 0 Å². The molecule has 0 fully saturated rings. The fourth-order valence-electron chi connectivity index (χ4n) is 1.18. The summed E-state index contributed by atoms with van der Waals surface area (Å²) in [6.07, 6.45) is 1.05. The lowest BCUT2D eigenvalue weighted by Gasteiger charge is -2.08. The number of ether oxygens (including phenoxy) is 2. The van der Waals surface area contributed by atoms with Gasteiger partial charge in [-0.15, -0.1) is 0 Å². The van der Waals surface area contributed by atoms with E-state index in [2.05, 4.69) is 22.2 Å². The van der Waals surface area contributed by atoms with E-state index in [9.17, 15) is 0 Å². The number of rotatable bonds is 7. The molecule has 1 heterocycles. The third kappa shape index (κ3) is 4.02. The average Bonchev–Trinajstić information content (AvgIpc) is 2.33. The Morgan fingerprint density at radius 3 is 2.75 bits per heavy atom. The molecule has 0 bridgehead atoms. The fourth-order valence-corrected chi connectivity index (χ4v) is 1.18. The van der Waals surface area contributed by atoms with Crippen molar-refractivity contribution in [1.29, 1.82) is 0 Å². The van der Waals surface area contributed by atoms with Crippen molar-refractivity contribution < 1.29 is 9.47 Å². The van der Waals surface area contributed by atoms with Crippen LogP contribution < -0.4 is 10.1 Å². The molecule has 1 aromatic heterocycles. The molecule has 1 N–H and O–H groups in total. The van der Waals surface area contributed by atoms with Crippen molar-refractivity contribution in [2.24, 2.45) is 0 Å². The second-order valence-corrected chi connectivity index (χ2v) is 3.28. The summed E-state index contributed by atoms with van der Waals surface area (Å²) in [7, 11) is 1.59. The zero-order valence-corrected chi connectivity index (χ0v) is 10.1. The van der Waals surface area contributed by atoms with Crippen molar-refractivity contribution in [2.75, 3.05) is 25.6 Å². The molecule has 1 aromatic rings. The third-order valence-electron chi connectivity index (χ3n) is 1.95. The molecule has 0 atom stereocenters. The molecule has 0 saturated heterocycles. The molecule has 5 nitrogen and oxygen atoms in total. The number of nitrogens with zero attached hydrogens (tertiary/aromatic N) is 2. The van der Waals surface area contributed by atoms with E-state index in [1.165, 1.54) is 0 Å². The zero-order chi connectivity index (χ0) is 11.8. The molecule has 0 radical (unpaired) electrons. The van der Waals surface area contributed by atoms with Crippen LogP contribution in [0.3, 0.4) is 0 Å². The standard InChI is InChI=1S/C11H19N3O2/c1-4-6-12-9-7-11(15-3)14-10(13-9)8-16-5-2/h7H,4-6,8H2,1-3H3,(H,12,13,14). The summed E-state index contributed by atoms with van der Waals surface area (Å²) in [4.78, 5) is 8.53. The van der Waals surface area contributed by atoms with Gasteiger partial charge in [-0.2, -0.15) is 4.98 Å². The quantitative estimate of drug-likeness (QED) is 0.767. The monoisotopic (exact) mass is 225 g/mol. The van der Waals surface area contributed by atoms with Crippen LogP contribution >= 0.6 is 0 Å². The molecule has 0 aliphatic rings. The minimum absolute atomic E-state index is 0.411. The molecule has 5 heteroatoms. The molecule has 0 aliphatic heterocycles. The van der Waals surface area contributed by atoms with Gasteiger partial charge >= 0.3 is 0 Å². The molecular formula is C11H19N3O2. The molecule has 0 saturated carbocycles. The summed E-state index contributed by atoms with van der Waals surface area (Å²) in [6, 6.07) is 1.78. The van der Waals surface area contributed by atoms with Crippen molar-refractivity contribution >= 4 is 5.82 Å². The van der Waals surface area contributed by atoms with Gasteiger partial charge < -0.3 is 14.8 Å². The molecule has 1 rings (SSSR count). The van der Waals surface area contributed by atoms with Gasteiger partial charge in [0.25, 0.3) is 0 Å². The summed E-state index contributed by atoms with van der Waals surface area (Å²) in [5.41, 5.74) is 0. The predicted molar refractivity (Wildman–Crippen MR) is 62.7 cm³/mol. The maximum absolute atomic E-state index is 5.27. The van der Waals surface area contributed by atoms with Crippen molar-refractivity contribution in [1.82, 2.24) is 9.97 Å². The van der Waals surface area contributed by atoms with Crippen LogP contribution in [0.15, 0.2) is 6.07 Å². The Morgan fingerprint density at radius 1 is 1.31 bits per heavy atom. The van der Waals surface area contributed by atoms with Crippen LogP contribution in [0.25, 0.3) is 0 Å². The molecule has 0 aliphatic carbocycles. The van der Waals surface area contributed by atoms with Crippen molar-refractivity contribution in [3.63, 3.8) is 0 Å². The first kappa shape index (κ1) is 12.7. The van der Waals surface area contributed by atoms with Crippen LogP contribution in [0.4, 0.5) is 5.82 Å². The Balaban J connectivity index is 2.74. The van der Waals surface area contributed by atoms with Crippen LogP contribution in [0.1, 0.15) is 26.1 Å². The van der Waals surface area contributed by atoms with Crippen LogP contribution in [0.5, 0.6) is 5.88 Å². The Kier molecular flexibility index (Phi) is 5.56. The molecule has 0 aromatic carbocycles. The summed E-state index contributed by atoms with van der Waals surface area (Å²) in [5, 5.41) is 3.20. The molecule has 90 valence electrons. The van der Waals surface area contributed by atoms with Crippen molar-refractivity contribution in [2.45, 2.75) is 26.9 Å². The third-order valence-corrected chi connectivity index (χ3v) is 1.95. The van der Waals surface area contributed by atoms with Gasteiger partial charge in [0, 0.05) is 19.2 Å². The topological polar surface area (TPSA) is 56.3 Å². The number of aromatic nitrogens is 2. The summed E-state index contributed by atoms with van der Waals surface area (Å²) in [5.74, 6) is 1.98. The number of hydrogen-bond acceptors (Lipinski definition) is 5. The van der Waals surface area contributed by atoms with Gasteiger partial charge in [0.1, 0.15) is 12.4 Å². The SMILES string of the molecule is CCCNc1cc(OC)nc(COCC)n1. The number of nitrogens with one attached hydrogen (secondary N) is 1. The van der Waals surface area contributed by atoms with Crippen LogP contribution in [-0.4, -0.2) is 30.2 Å².